The van der Waals surface area contributed by atoms with E-state index < -0.39 is 0 Å². The van der Waals surface area contributed by atoms with Crippen molar-refractivity contribution in [2.75, 3.05) is 6.79 Å². The lowest BCUT2D eigenvalue weighted by Gasteiger charge is -2.16. The average Bonchev–Trinajstić information content (AvgIpc) is 3.22. The molecule has 3 aromatic rings. The molecule has 2 aromatic carbocycles. The third kappa shape index (κ3) is 4.43. The van der Waals surface area contributed by atoms with Gasteiger partial charge in [-0.1, -0.05) is 29.8 Å². The molecule has 0 aliphatic carbocycles. The first-order chi connectivity index (χ1) is 14.1. The standard InChI is InChI=1S/C22H19ClN2O4/c1-14(25-22(26)16-10-19(23)21-20(11-16)28-13-29-21)15-5-4-7-18(9-15)27-12-17-6-2-3-8-24-17/h2-11,14H,12-13H2,1H3,(H,25,26). The number of pyridine rings is 1. The van der Waals surface area contributed by atoms with Crippen LogP contribution in [0.3, 0.4) is 0 Å². The van der Waals surface area contributed by atoms with E-state index in [-0.39, 0.29) is 18.7 Å². The van der Waals surface area contributed by atoms with Crippen molar-refractivity contribution >= 4 is 17.5 Å². The Hall–Kier alpha value is -3.25. The molecular formula is C22H19ClN2O4. The molecule has 1 aliphatic heterocycles. The Morgan fingerprint density at radius 1 is 1.21 bits per heavy atom. The summed E-state index contributed by atoms with van der Waals surface area (Å²) in [6.45, 7) is 2.38. The number of fused-ring (bicyclic) bond motifs is 1. The summed E-state index contributed by atoms with van der Waals surface area (Å²) < 4.78 is 16.4. The van der Waals surface area contributed by atoms with Crippen molar-refractivity contribution in [2.45, 2.75) is 19.6 Å². The molecule has 4 rings (SSSR count). The van der Waals surface area contributed by atoms with E-state index in [4.69, 9.17) is 25.8 Å². The lowest BCUT2D eigenvalue weighted by atomic mass is 10.1. The van der Waals surface area contributed by atoms with Gasteiger partial charge < -0.3 is 19.5 Å². The Morgan fingerprint density at radius 2 is 2.10 bits per heavy atom. The van der Waals surface area contributed by atoms with Crippen molar-refractivity contribution in [3.8, 4) is 17.2 Å². The fourth-order valence-electron chi connectivity index (χ4n) is 2.98. The normalized spacial score (nSPS) is 13.0. The molecular weight excluding hydrogens is 392 g/mol. The van der Waals surface area contributed by atoms with Crippen LogP contribution in [0.15, 0.2) is 60.8 Å². The van der Waals surface area contributed by atoms with Crippen LogP contribution in [0.1, 0.15) is 34.6 Å². The number of halogens is 1. The molecule has 2 heterocycles. The van der Waals surface area contributed by atoms with Gasteiger partial charge in [-0.05, 0) is 48.9 Å². The topological polar surface area (TPSA) is 69.7 Å². The van der Waals surface area contributed by atoms with E-state index in [9.17, 15) is 4.79 Å². The summed E-state index contributed by atoms with van der Waals surface area (Å²) in [6, 6.07) is 16.3. The highest BCUT2D eigenvalue weighted by atomic mass is 35.5. The molecule has 1 atom stereocenters. The Kier molecular flexibility index (Phi) is 5.53. The quantitative estimate of drug-likeness (QED) is 0.646. The van der Waals surface area contributed by atoms with Gasteiger partial charge in [-0.15, -0.1) is 0 Å². The van der Waals surface area contributed by atoms with Crippen LogP contribution in [-0.4, -0.2) is 17.7 Å². The first-order valence-corrected chi connectivity index (χ1v) is 9.50. The van der Waals surface area contributed by atoms with Crippen molar-refractivity contribution in [3.05, 3.63) is 82.6 Å². The number of amides is 1. The summed E-state index contributed by atoms with van der Waals surface area (Å²) in [7, 11) is 0. The van der Waals surface area contributed by atoms with E-state index in [1.807, 2.05) is 49.4 Å². The van der Waals surface area contributed by atoms with Crippen molar-refractivity contribution in [2.24, 2.45) is 0 Å². The highest BCUT2D eigenvalue weighted by Crippen LogP contribution is 2.39. The molecule has 0 spiro atoms. The van der Waals surface area contributed by atoms with E-state index in [0.29, 0.717) is 34.4 Å². The van der Waals surface area contributed by atoms with Crippen molar-refractivity contribution in [1.29, 1.82) is 0 Å². The molecule has 148 valence electrons. The molecule has 0 fully saturated rings. The van der Waals surface area contributed by atoms with E-state index >= 15 is 0 Å². The Labute approximate surface area is 173 Å². The first kappa shape index (κ1) is 19.1. The summed E-state index contributed by atoms with van der Waals surface area (Å²) in [6.07, 6.45) is 1.73. The second-order valence-corrected chi connectivity index (χ2v) is 6.98. The maximum Gasteiger partial charge on any atom is 0.251 e. The lowest BCUT2D eigenvalue weighted by molar-refractivity contribution is 0.0939. The maximum atomic E-state index is 12.7. The van der Waals surface area contributed by atoms with Gasteiger partial charge in [-0.2, -0.15) is 0 Å². The van der Waals surface area contributed by atoms with Gasteiger partial charge in [0.05, 0.1) is 16.8 Å². The Bertz CT molecular complexity index is 1030. The van der Waals surface area contributed by atoms with Gasteiger partial charge in [0.2, 0.25) is 6.79 Å². The Balaban J connectivity index is 1.42. The fraction of sp³-hybridized carbons (Fsp3) is 0.182. The van der Waals surface area contributed by atoms with Gasteiger partial charge in [-0.25, -0.2) is 0 Å². The number of rotatable bonds is 6. The third-order valence-electron chi connectivity index (χ3n) is 4.51. The van der Waals surface area contributed by atoms with Crippen molar-refractivity contribution in [3.63, 3.8) is 0 Å². The van der Waals surface area contributed by atoms with Gasteiger partial charge in [-0.3, -0.25) is 9.78 Å². The molecule has 0 saturated heterocycles. The second-order valence-electron chi connectivity index (χ2n) is 6.57. The number of hydrogen-bond acceptors (Lipinski definition) is 5. The van der Waals surface area contributed by atoms with Crippen LogP contribution in [0.4, 0.5) is 0 Å². The molecule has 1 N–H and O–H groups in total. The SMILES string of the molecule is CC(NC(=O)c1cc(Cl)c2c(c1)OCO2)c1cccc(OCc2ccccn2)c1. The third-order valence-corrected chi connectivity index (χ3v) is 4.79. The molecule has 1 unspecified atom stereocenters. The second kappa shape index (κ2) is 8.41. The van der Waals surface area contributed by atoms with Gasteiger partial charge in [0.1, 0.15) is 12.4 Å². The van der Waals surface area contributed by atoms with E-state index in [1.54, 1.807) is 18.3 Å². The van der Waals surface area contributed by atoms with Crippen LogP contribution < -0.4 is 19.5 Å². The van der Waals surface area contributed by atoms with Crippen molar-refractivity contribution in [1.82, 2.24) is 10.3 Å². The first-order valence-electron chi connectivity index (χ1n) is 9.13. The molecule has 29 heavy (non-hydrogen) atoms. The predicted octanol–water partition coefficient (Wildman–Crippen LogP) is 4.53. The van der Waals surface area contributed by atoms with E-state index in [1.165, 1.54) is 0 Å². The summed E-state index contributed by atoms with van der Waals surface area (Å²) in [5.41, 5.74) is 2.18. The molecule has 7 heteroatoms. The summed E-state index contributed by atoms with van der Waals surface area (Å²) >= 11 is 6.17. The smallest absolute Gasteiger partial charge is 0.251 e. The summed E-state index contributed by atoms with van der Waals surface area (Å²) in [5.74, 6) is 1.40. The van der Waals surface area contributed by atoms with Gasteiger partial charge in [0, 0.05) is 11.8 Å². The Morgan fingerprint density at radius 3 is 2.93 bits per heavy atom. The number of aromatic nitrogens is 1. The largest absolute Gasteiger partial charge is 0.487 e. The maximum absolute atomic E-state index is 12.7. The van der Waals surface area contributed by atoms with Crippen LogP contribution in [0.2, 0.25) is 5.02 Å². The van der Waals surface area contributed by atoms with Crippen LogP contribution >= 0.6 is 11.6 Å². The minimum Gasteiger partial charge on any atom is -0.487 e. The lowest BCUT2D eigenvalue weighted by Crippen LogP contribution is -2.26. The van der Waals surface area contributed by atoms with Gasteiger partial charge in [0.25, 0.3) is 5.91 Å². The molecule has 6 nitrogen and oxygen atoms in total. The predicted molar refractivity (Wildman–Crippen MR) is 108 cm³/mol. The zero-order chi connectivity index (χ0) is 20.2. The number of carbonyl (C=O) groups excluding carboxylic acids is 1. The molecule has 0 bridgehead atoms. The molecule has 1 aromatic heterocycles. The van der Waals surface area contributed by atoms with Crippen LogP contribution in [0, 0.1) is 0 Å². The number of nitrogens with one attached hydrogen (secondary N) is 1. The molecule has 0 saturated carbocycles. The number of nitrogens with zero attached hydrogens (tertiary/aromatic N) is 1. The van der Waals surface area contributed by atoms with Crippen LogP contribution in [-0.2, 0) is 6.61 Å². The van der Waals surface area contributed by atoms with E-state index in [0.717, 1.165) is 11.3 Å². The monoisotopic (exact) mass is 410 g/mol. The number of benzene rings is 2. The van der Waals surface area contributed by atoms with Gasteiger partial charge >= 0.3 is 0 Å². The summed E-state index contributed by atoms with van der Waals surface area (Å²) in [5, 5.41) is 3.32. The van der Waals surface area contributed by atoms with Gasteiger partial charge in [0.15, 0.2) is 11.5 Å². The van der Waals surface area contributed by atoms with Crippen LogP contribution in [0.5, 0.6) is 17.2 Å². The van der Waals surface area contributed by atoms with Crippen LogP contribution in [0.25, 0.3) is 0 Å². The zero-order valence-corrected chi connectivity index (χ0v) is 16.5. The molecule has 1 aliphatic rings. The minimum atomic E-state index is -0.252. The summed E-state index contributed by atoms with van der Waals surface area (Å²) in [4.78, 5) is 16.9. The zero-order valence-electron chi connectivity index (χ0n) is 15.7. The minimum absolute atomic E-state index is 0.0990. The number of ether oxygens (including phenoxy) is 3. The molecule has 0 radical (unpaired) electrons. The number of carbonyl (C=O) groups is 1. The molecule has 1 amide bonds. The highest BCUT2D eigenvalue weighted by Gasteiger charge is 2.21. The number of hydrogen-bond donors (Lipinski definition) is 1. The highest BCUT2D eigenvalue weighted by molar-refractivity contribution is 6.32. The van der Waals surface area contributed by atoms with Crippen molar-refractivity contribution < 1.29 is 19.0 Å². The average molecular weight is 411 g/mol. The van der Waals surface area contributed by atoms with E-state index in [2.05, 4.69) is 10.3 Å². The fourth-order valence-corrected chi connectivity index (χ4v) is 3.24.